The summed E-state index contributed by atoms with van der Waals surface area (Å²) < 4.78 is 7.04. The quantitative estimate of drug-likeness (QED) is 0.741. The Hall–Kier alpha value is -2.07. The van der Waals surface area contributed by atoms with E-state index < -0.39 is 0 Å². The molecular weight excluding hydrogens is 274 g/mol. The number of hydrogen-bond donors (Lipinski definition) is 0. The summed E-state index contributed by atoms with van der Waals surface area (Å²) >= 11 is 5.96. The third-order valence-electron chi connectivity index (χ3n) is 3.14. The summed E-state index contributed by atoms with van der Waals surface area (Å²) in [6.07, 6.45) is 3.81. The predicted molar refractivity (Wildman–Crippen MR) is 79.4 cm³/mol. The van der Waals surface area contributed by atoms with Gasteiger partial charge in [-0.15, -0.1) is 5.10 Å². The molecule has 0 atom stereocenters. The highest BCUT2D eigenvalue weighted by Gasteiger charge is 2.06. The van der Waals surface area contributed by atoms with Crippen LogP contribution in [0.15, 0.2) is 36.7 Å². The van der Waals surface area contributed by atoms with Crippen LogP contribution in [0.3, 0.4) is 0 Å². The van der Waals surface area contributed by atoms with Crippen LogP contribution in [-0.2, 0) is 6.54 Å². The highest BCUT2D eigenvalue weighted by Crippen LogP contribution is 2.19. The molecule has 102 valence electrons. The van der Waals surface area contributed by atoms with E-state index in [0.717, 1.165) is 22.0 Å². The van der Waals surface area contributed by atoms with E-state index in [9.17, 15) is 0 Å². The lowest BCUT2D eigenvalue weighted by Crippen LogP contribution is -2.01. The number of rotatable bonds is 3. The molecule has 0 saturated heterocycles. The molecule has 0 saturated carbocycles. The van der Waals surface area contributed by atoms with Crippen molar-refractivity contribution in [2.75, 3.05) is 7.11 Å². The van der Waals surface area contributed by atoms with E-state index in [1.54, 1.807) is 7.11 Å². The Morgan fingerprint density at radius 1 is 1.30 bits per heavy atom. The maximum Gasteiger partial charge on any atom is 0.235 e. The number of benzene rings is 1. The second-order valence-electron chi connectivity index (χ2n) is 4.70. The minimum atomic E-state index is 0.658. The Morgan fingerprint density at radius 3 is 2.90 bits per heavy atom. The van der Waals surface area contributed by atoms with E-state index in [1.165, 1.54) is 0 Å². The molecule has 2 aromatic heterocycles. The average molecular weight is 288 g/mol. The average Bonchev–Trinajstić information content (AvgIpc) is 2.79. The van der Waals surface area contributed by atoms with E-state index >= 15 is 0 Å². The maximum absolute atomic E-state index is 5.96. The van der Waals surface area contributed by atoms with Crippen LogP contribution in [-0.4, -0.2) is 21.9 Å². The first kappa shape index (κ1) is 12.9. The molecule has 5 heteroatoms. The Bertz CT molecular complexity index is 767. The maximum atomic E-state index is 5.96. The van der Waals surface area contributed by atoms with Gasteiger partial charge in [0.05, 0.1) is 19.2 Å². The number of fused-ring (bicyclic) bond motifs is 1. The SMILES string of the molecule is COc1nn(Cc2cnc3cc(Cl)ccc3c2)cc1C. The van der Waals surface area contributed by atoms with Crippen molar-refractivity contribution in [2.24, 2.45) is 0 Å². The molecule has 0 unspecified atom stereocenters. The number of methoxy groups -OCH3 is 1. The molecule has 0 amide bonds. The summed E-state index contributed by atoms with van der Waals surface area (Å²) in [4.78, 5) is 4.43. The fourth-order valence-corrected chi connectivity index (χ4v) is 2.37. The number of halogens is 1. The molecule has 0 N–H and O–H groups in total. The van der Waals surface area contributed by atoms with Crippen LogP contribution in [0.2, 0.25) is 5.02 Å². The van der Waals surface area contributed by atoms with Gasteiger partial charge in [0.1, 0.15) is 0 Å². The zero-order valence-corrected chi connectivity index (χ0v) is 12.1. The summed E-state index contributed by atoms with van der Waals surface area (Å²) in [5.74, 6) is 0.658. The van der Waals surface area contributed by atoms with E-state index in [0.29, 0.717) is 17.4 Å². The highest BCUT2D eigenvalue weighted by molar-refractivity contribution is 6.31. The van der Waals surface area contributed by atoms with Crippen LogP contribution < -0.4 is 4.74 Å². The summed E-state index contributed by atoms with van der Waals surface area (Å²) in [5, 5.41) is 6.13. The van der Waals surface area contributed by atoms with Crippen molar-refractivity contribution >= 4 is 22.5 Å². The number of aromatic nitrogens is 3. The van der Waals surface area contributed by atoms with Crippen LogP contribution in [0.25, 0.3) is 10.9 Å². The van der Waals surface area contributed by atoms with E-state index in [1.807, 2.05) is 42.2 Å². The standard InChI is InChI=1S/C15H14ClN3O/c1-10-8-19(18-15(10)20-2)9-11-5-12-3-4-13(16)6-14(12)17-7-11/h3-8H,9H2,1-2H3. The van der Waals surface area contributed by atoms with Crippen LogP contribution in [0.4, 0.5) is 0 Å². The summed E-state index contributed by atoms with van der Waals surface area (Å²) in [6, 6.07) is 7.81. The van der Waals surface area contributed by atoms with Gasteiger partial charge in [0.25, 0.3) is 0 Å². The predicted octanol–water partition coefficient (Wildman–Crippen LogP) is 3.45. The molecule has 3 aromatic rings. The van der Waals surface area contributed by atoms with Gasteiger partial charge in [-0.05, 0) is 30.7 Å². The monoisotopic (exact) mass is 287 g/mol. The summed E-state index contributed by atoms with van der Waals surface area (Å²) in [7, 11) is 1.63. The van der Waals surface area contributed by atoms with Crippen molar-refractivity contribution in [1.82, 2.24) is 14.8 Å². The Kier molecular flexibility index (Phi) is 3.32. The van der Waals surface area contributed by atoms with Gasteiger partial charge in [-0.3, -0.25) is 9.67 Å². The molecule has 4 nitrogen and oxygen atoms in total. The van der Waals surface area contributed by atoms with E-state index in [-0.39, 0.29) is 0 Å². The molecule has 0 bridgehead atoms. The molecule has 0 fully saturated rings. The zero-order chi connectivity index (χ0) is 14.1. The first-order chi connectivity index (χ1) is 9.65. The zero-order valence-electron chi connectivity index (χ0n) is 11.3. The molecule has 0 aliphatic heterocycles. The normalized spacial score (nSPS) is 10.9. The third kappa shape index (κ3) is 2.47. The van der Waals surface area contributed by atoms with Crippen LogP contribution in [0.5, 0.6) is 5.88 Å². The summed E-state index contributed by atoms with van der Waals surface area (Å²) in [6.45, 7) is 2.64. The summed E-state index contributed by atoms with van der Waals surface area (Å²) in [5.41, 5.74) is 3.01. The highest BCUT2D eigenvalue weighted by atomic mass is 35.5. The lowest BCUT2D eigenvalue weighted by atomic mass is 10.1. The van der Waals surface area contributed by atoms with Gasteiger partial charge in [-0.25, -0.2) is 0 Å². The number of nitrogens with zero attached hydrogens (tertiary/aromatic N) is 3. The first-order valence-corrected chi connectivity index (χ1v) is 6.66. The van der Waals surface area contributed by atoms with Gasteiger partial charge in [0.2, 0.25) is 5.88 Å². The van der Waals surface area contributed by atoms with E-state index in [4.69, 9.17) is 16.3 Å². The lowest BCUT2D eigenvalue weighted by molar-refractivity contribution is 0.388. The fourth-order valence-electron chi connectivity index (χ4n) is 2.20. The molecule has 1 aromatic carbocycles. The molecule has 0 aliphatic rings. The third-order valence-corrected chi connectivity index (χ3v) is 3.38. The van der Waals surface area contributed by atoms with Crippen LogP contribution in [0.1, 0.15) is 11.1 Å². The molecule has 2 heterocycles. The lowest BCUT2D eigenvalue weighted by Gasteiger charge is -2.04. The van der Waals surface area contributed by atoms with Crippen molar-refractivity contribution < 1.29 is 4.74 Å². The van der Waals surface area contributed by atoms with Gasteiger partial charge >= 0.3 is 0 Å². The molecular formula is C15H14ClN3O. The molecule has 3 rings (SSSR count). The first-order valence-electron chi connectivity index (χ1n) is 6.28. The van der Waals surface area contributed by atoms with Crippen molar-refractivity contribution in [3.8, 4) is 5.88 Å². The molecule has 0 spiro atoms. The number of hydrogen-bond acceptors (Lipinski definition) is 3. The molecule has 0 aliphatic carbocycles. The van der Waals surface area contributed by atoms with Crippen molar-refractivity contribution in [1.29, 1.82) is 0 Å². The number of ether oxygens (including phenoxy) is 1. The minimum Gasteiger partial charge on any atom is -0.480 e. The topological polar surface area (TPSA) is 39.9 Å². The largest absolute Gasteiger partial charge is 0.480 e. The second kappa shape index (κ2) is 5.13. The number of pyridine rings is 1. The smallest absolute Gasteiger partial charge is 0.235 e. The second-order valence-corrected chi connectivity index (χ2v) is 5.14. The van der Waals surface area contributed by atoms with Crippen molar-refractivity contribution in [3.63, 3.8) is 0 Å². The van der Waals surface area contributed by atoms with Crippen LogP contribution in [0, 0.1) is 6.92 Å². The van der Waals surface area contributed by atoms with Gasteiger partial charge in [0, 0.05) is 28.4 Å². The van der Waals surface area contributed by atoms with Gasteiger partial charge < -0.3 is 4.74 Å². The van der Waals surface area contributed by atoms with Crippen molar-refractivity contribution in [2.45, 2.75) is 13.5 Å². The van der Waals surface area contributed by atoms with E-state index in [2.05, 4.69) is 16.1 Å². The van der Waals surface area contributed by atoms with Gasteiger partial charge in [0.15, 0.2) is 0 Å². The van der Waals surface area contributed by atoms with Crippen LogP contribution >= 0.6 is 11.6 Å². The Morgan fingerprint density at radius 2 is 2.15 bits per heavy atom. The molecule has 20 heavy (non-hydrogen) atoms. The Labute approximate surface area is 122 Å². The van der Waals surface area contributed by atoms with Gasteiger partial charge in [-0.1, -0.05) is 17.7 Å². The fraction of sp³-hybridized carbons (Fsp3) is 0.200. The van der Waals surface area contributed by atoms with Crippen molar-refractivity contribution in [3.05, 3.63) is 52.8 Å². The van der Waals surface area contributed by atoms with Gasteiger partial charge in [-0.2, -0.15) is 0 Å². The number of aryl methyl sites for hydroxylation is 1. The Balaban J connectivity index is 1.92. The minimum absolute atomic E-state index is 0.658. The molecule has 0 radical (unpaired) electrons.